The molecule has 1 N–H and O–H groups in total. The number of urea groups is 1. The number of methoxy groups -OCH3 is 1. The van der Waals surface area contributed by atoms with Crippen LogP contribution in [0.25, 0.3) is 0 Å². The number of rotatable bonds is 3. The van der Waals surface area contributed by atoms with Crippen molar-refractivity contribution in [1.29, 1.82) is 0 Å². The second kappa shape index (κ2) is 7.03. The molecule has 0 saturated carbocycles. The van der Waals surface area contributed by atoms with Gasteiger partial charge in [0, 0.05) is 0 Å². The van der Waals surface area contributed by atoms with Gasteiger partial charge >= 0.3 is 12.2 Å². The molecule has 1 saturated heterocycles. The largest absolute Gasteiger partial charge is 0.494 e. The number of ether oxygens (including phenoxy) is 1. The van der Waals surface area contributed by atoms with Gasteiger partial charge in [0.1, 0.15) is 0 Å². The lowest BCUT2D eigenvalue weighted by Gasteiger charge is -2.29. The molecule has 0 unspecified atom stereocenters. The van der Waals surface area contributed by atoms with Crippen LogP contribution in [0, 0.1) is 5.82 Å². The molecule has 0 bridgehead atoms. The molecule has 0 spiro atoms. The summed E-state index contributed by atoms with van der Waals surface area (Å²) in [6.45, 7) is 0.467. The van der Waals surface area contributed by atoms with Crippen LogP contribution < -0.4 is 10.1 Å². The van der Waals surface area contributed by atoms with E-state index >= 15 is 0 Å². The van der Waals surface area contributed by atoms with E-state index in [-0.39, 0.29) is 18.9 Å². The van der Waals surface area contributed by atoms with Crippen molar-refractivity contribution in [2.24, 2.45) is 0 Å². The monoisotopic (exact) mass is 336 g/mol. The number of hydroxylamine groups is 2. The zero-order valence-corrected chi connectivity index (χ0v) is 12.3. The van der Waals surface area contributed by atoms with E-state index in [2.05, 4.69) is 4.74 Å². The van der Waals surface area contributed by atoms with Gasteiger partial charge < -0.3 is 10.1 Å². The number of nitrogens with one attached hydrogen (secondary N) is 1. The number of carbonyl (C=O) groups excluding carboxylic acids is 1. The maximum atomic E-state index is 13.7. The molecule has 128 valence electrons. The zero-order valence-electron chi connectivity index (χ0n) is 12.3. The molecule has 5 nitrogen and oxygen atoms in total. The van der Waals surface area contributed by atoms with Crippen LogP contribution in [0.2, 0.25) is 0 Å². The number of carbonyl (C=O) groups is 1. The van der Waals surface area contributed by atoms with Crippen molar-refractivity contribution in [2.75, 3.05) is 20.3 Å². The fourth-order valence-electron chi connectivity index (χ4n) is 2.17. The third-order valence-corrected chi connectivity index (χ3v) is 3.33. The molecule has 2 amide bonds. The molecule has 1 aliphatic rings. The molecular formula is C14H16F4N2O3. The number of alkyl halides is 3. The van der Waals surface area contributed by atoms with Gasteiger partial charge in [0.25, 0.3) is 0 Å². The van der Waals surface area contributed by atoms with Gasteiger partial charge in [-0.1, -0.05) is 6.07 Å². The Kier molecular flexibility index (Phi) is 5.30. The van der Waals surface area contributed by atoms with Crippen LogP contribution in [0.3, 0.4) is 0 Å². The quantitative estimate of drug-likeness (QED) is 0.863. The minimum atomic E-state index is -4.79. The molecule has 1 aliphatic heterocycles. The first-order valence-electron chi connectivity index (χ1n) is 6.94. The predicted molar refractivity (Wildman–Crippen MR) is 72.2 cm³/mol. The summed E-state index contributed by atoms with van der Waals surface area (Å²) >= 11 is 0. The van der Waals surface area contributed by atoms with Crippen LogP contribution in [-0.2, 0) is 4.84 Å². The summed E-state index contributed by atoms with van der Waals surface area (Å²) < 4.78 is 58.0. The first-order valence-corrected chi connectivity index (χ1v) is 6.94. The van der Waals surface area contributed by atoms with Crippen molar-refractivity contribution in [3.8, 4) is 5.75 Å². The predicted octanol–water partition coefficient (Wildman–Crippen LogP) is 3.17. The molecule has 1 aromatic carbocycles. The lowest BCUT2D eigenvalue weighted by molar-refractivity contribution is -0.165. The highest BCUT2D eigenvalue weighted by Gasteiger charge is 2.43. The second-order valence-corrected chi connectivity index (χ2v) is 4.96. The fourth-order valence-corrected chi connectivity index (χ4v) is 2.17. The molecular weight excluding hydrogens is 320 g/mol. The molecule has 0 radical (unpaired) electrons. The Balaban J connectivity index is 2.20. The van der Waals surface area contributed by atoms with Crippen molar-refractivity contribution < 1.29 is 31.9 Å². The van der Waals surface area contributed by atoms with E-state index in [1.165, 1.54) is 7.11 Å². The van der Waals surface area contributed by atoms with Crippen LogP contribution in [-0.4, -0.2) is 37.5 Å². The molecule has 23 heavy (non-hydrogen) atoms. The number of amides is 2. The molecule has 1 atom stereocenters. The summed E-state index contributed by atoms with van der Waals surface area (Å²) in [5, 5.41) is 2.69. The summed E-state index contributed by atoms with van der Waals surface area (Å²) in [5.74, 6) is -1.12. The van der Waals surface area contributed by atoms with Gasteiger partial charge in [-0.05, 0) is 30.5 Å². The van der Waals surface area contributed by atoms with E-state index in [9.17, 15) is 22.4 Å². The van der Waals surface area contributed by atoms with Crippen molar-refractivity contribution in [3.05, 3.63) is 29.6 Å². The van der Waals surface area contributed by atoms with Gasteiger partial charge in [0.15, 0.2) is 17.6 Å². The number of hydrogen-bond acceptors (Lipinski definition) is 3. The van der Waals surface area contributed by atoms with Crippen LogP contribution >= 0.6 is 0 Å². The Morgan fingerprint density at radius 3 is 2.65 bits per heavy atom. The number of nitrogens with zero attached hydrogens (tertiary/aromatic N) is 1. The van der Waals surface area contributed by atoms with E-state index in [4.69, 9.17) is 4.84 Å². The molecule has 0 aromatic heterocycles. The van der Waals surface area contributed by atoms with Gasteiger partial charge in [-0.2, -0.15) is 13.2 Å². The molecule has 0 aliphatic carbocycles. The highest BCUT2D eigenvalue weighted by atomic mass is 19.4. The lowest BCUT2D eigenvalue weighted by Crippen LogP contribution is -2.47. The second-order valence-electron chi connectivity index (χ2n) is 4.96. The van der Waals surface area contributed by atoms with E-state index in [0.29, 0.717) is 12.5 Å². The van der Waals surface area contributed by atoms with Gasteiger partial charge in [-0.15, -0.1) is 0 Å². The van der Waals surface area contributed by atoms with Gasteiger partial charge in [0.05, 0.1) is 20.3 Å². The lowest BCUT2D eigenvalue weighted by atomic mass is 10.1. The number of hydrogen-bond donors (Lipinski definition) is 1. The molecule has 9 heteroatoms. The van der Waals surface area contributed by atoms with E-state index < -0.39 is 29.6 Å². The normalized spacial score (nSPS) is 16.8. The number of halogens is 4. The van der Waals surface area contributed by atoms with Crippen molar-refractivity contribution in [1.82, 2.24) is 10.4 Å². The summed E-state index contributed by atoms with van der Waals surface area (Å²) in [6.07, 6.45) is -3.41. The minimum absolute atomic E-state index is 0.180. The van der Waals surface area contributed by atoms with Crippen molar-refractivity contribution >= 4 is 6.03 Å². The highest BCUT2D eigenvalue weighted by Crippen LogP contribution is 2.34. The first kappa shape index (κ1) is 17.3. The Morgan fingerprint density at radius 2 is 2.13 bits per heavy atom. The minimum Gasteiger partial charge on any atom is -0.494 e. The Morgan fingerprint density at radius 1 is 1.39 bits per heavy atom. The van der Waals surface area contributed by atoms with Crippen molar-refractivity contribution in [2.45, 2.75) is 25.1 Å². The molecule has 2 rings (SSSR count). The summed E-state index contributed by atoms with van der Waals surface area (Å²) in [7, 11) is 1.20. The average Bonchev–Trinajstić information content (AvgIpc) is 2.52. The third-order valence-electron chi connectivity index (χ3n) is 3.33. The smallest absolute Gasteiger partial charge is 0.412 e. The third kappa shape index (κ3) is 4.25. The van der Waals surface area contributed by atoms with Gasteiger partial charge in [-0.3, -0.25) is 4.84 Å². The summed E-state index contributed by atoms with van der Waals surface area (Å²) in [4.78, 5) is 16.9. The Bertz CT molecular complexity index is 559. The van der Waals surface area contributed by atoms with Gasteiger partial charge in [0.2, 0.25) is 0 Å². The Hall–Kier alpha value is -2.03. The number of benzene rings is 1. The van der Waals surface area contributed by atoms with E-state index in [1.54, 1.807) is 0 Å². The van der Waals surface area contributed by atoms with Crippen LogP contribution in [0.1, 0.15) is 24.4 Å². The maximum absolute atomic E-state index is 13.7. The molecule has 1 heterocycles. The summed E-state index contributed by atoms with van der Waals surface area (Å²) in [5.41, 5.74) is -0.429. The highest BCUT2D eigenvalue weighted by molar-refractivity contribution is 5.73. The molecule has 1 fully saturated rings. The van der Waals surface area contributed by atoms with Crippen LogP contribution in [0.5, 0.6) is 5.75 Å². The summed E-state index contributed by atoms with van der Waals surface area (Å²) in [6, 6.07) is -0.539. The Labute approximate surface area is 130 Å². The van der Waals surface area contributed by atoms with Gasteiger partial charge in [-0.25, -0.2) is 14.2 Å². The molecule has 1 aromatic rings. The fraction of sp³-hybridized carbons (Fsp3) is 0.500. The average molecular weight is 336 g/mol. The maximum Gasteiger partial charge on any atom is 0.412 e. The zero-order chi connectivity index (χ0) is 17.0. The van der Waals surface area contributed by atoms with Crippen LogP contribution in [0.4, 0.5) is 22.4 Å². The standard InChI is InChI=1S/C14H16F4N2O3/c1-22-11-5-4-9(8-10(11)15)12(14(16,17)18)19-13(21)20-6-2-3-7-23-20/h4-5,8,12H,2-3,6-7H2,1H3,(H,19,21)/t12-/m1/s1. The topological polar surface area (TPSA) is 50.8 Å². The SMILES string of the molecule is COc1ccc([C@@H](NC(=O)N2CCCCO2)C(F)(F)F)cc1F. The first-order chi connectivity index (χ1) is 10.8. The van der Waals surface area contributed by atoms with E-state index in [1.807, 2.05) is 5.32 Å². The van der Waals surface area contributed by atoms with E-state index in [0.717, 1.165) is 23.6 Å². The van der Waals surface area contributed by atoms with Crippen molar-refractivity contribution in [3.63, 3.8) is 0 Å². The van der Waals surface area contributed by atoms with Crippen LogP contribution in [0.15, 0.2) is 18.2 Å².